The van der Waals surface area contributed by atoms with Crippen molar-refractivity contribution in [2.45, 2.75) is 18.2 Å². The highest BCUT2D eigenvalue weighted by Crippen LogP contribution is 2.43. The van der Waals surface area contributed by atoms with Gasteiger partial charge in [0.25, 0.3) is 0 Å². The summed E-state index contributed by atoms with van der Waals surface area (Å²) in [7, 11) is 0. The van der Waals surface area contributed by atoms with Gasteiger partial charge in [0.05, 0.1) is 19.3 Å². The van der Waals surface area contributed by atoms with Crippen molar-refractivity contribution < 1.29 is 9.47 Å². The zero-order valence-electron chi connectivity index (χ0n) is 11.2. The molecule has 2 heterocycles. The van der Waals surface area contributed by atoms with Gasteiger partial charge in [-0.2, -0.15) is 0 Å². The van der Waals surface area contributed by atoms with E-state index in [1.807, 2.05) is 6.07 Å². The van der Waals surface area contributed by atoms with Crippen molar-refractivity contribution in [2.75, 3.05) is 18.5 Å². The third-order valence-corrected chi connectivity index (χ3v) is 4.05. The minimum atomic E-state index is 0.0198. The zero-order valence-corrected chi connectivity index (χ0v) is 11.2. The molecule has 0 aromatic heterocycles. The van der Waals surface area contributed by atoms with Gasteiger partial charge in [-0.3, -0.25) is 0 Å². The van der Waals surface area contributed by atoms with Crippen LogP contribution in [0.5, 0.6) is 0 Å². The van der Waals surface area contributed by atoms with E-state index in [2.05, 4.69) is 53.8 Å². The monoisotopic (exact) mass is 267 g/mol. The fourth-order valence-corrected chi connectivity index (χ4v) is 3.14. The molecule has 1 N–H and O–H groups in total. The smallest absolute Gasteiger partial charge is 0.113 e. The van der Waals surface area contributed by atoms with Crippen molar-refractivity contribution >= 4 is 5.69 Å². The largest absolute Gasteiger partial charge is 0.375 e. The molecule has 4 rings (SSSR count). The maximum absolute atomic E-state index is 6.02. The Morgan fingerprint density at radius 1 is 0.850 bits per heavy atom. The second-order valence-corrected chi connectivity index (χ2v) is 5.25. The second-order valence-electron chi connectivity index (χ2n) is 5.25. The van der Waals surface area contributed by atoms with E-state index in [1.165, 1.54) is 11.1 Å². The van der Waals surface area contributed by atoms with E-state index in [1.54, 1.807) is 0 Å². The Balaban J connectivity index is 1.78. The van der Waals surface area contributed by atoms with Crippen LogP contribution in [-0.2, 0) is 9.47 Å². The van der Waals surface area contributed by atoms with Crippen LogP contribution in [0.1, 0.15) is 23.3 Å². The van der Waals surface area contributed by atoms with Crippen molar-refractivity contribution in [1.82, 2.24) is 0 Å². The number of benzene rings is 2. The van der Waals surface area contributed by atoms with Crippen molar-refractivity contribution in [2.24, 2.45) is 0 Å². The summed E-state index contributed by atoms with van der Waals surface area (Å²) >= 11 is 0. The Morgan fingerprint density at radius 2 is 1.60 bits per heavy atom. The maximum atomic E-state index is 6.02. The summed E-state index contributed by atoms with van der Waals surface area (Å²) in [6.45, 7) is 1.32. The first-order valence-corrected chi connectivity index (χ1v) is 7.07. The first-order chi connectivity index (χ1) is 9.93. The van der Waals surface area contributed by atoms with Crippen LogP contribution in [0.15, 0.2) is 54.6 Å². The van der Waals surface area contributed by atoms with Gasteiger partial charge in [-0.1, -0.05) is 48.5 Å². The number of hydrogen-bond donors (Lipinski definition) is 1. The summed E-state index contributed by atoms with van der Waals surface area (Å²) in [6.07, 6.45) is 0.0486. The summed E-state index contributed by atoms with van der Waals surface area (Å²) in [4.78, 5) is 0. The van der Waals surface area contributed by atoms with Crippen molar-refractivity contribution in [3.63, 3.8) is 0 Å². The Bertz CT molecular complexity index is 599. The SMILES string of the molecule is c1ccc(C2Nc3ccccc3C3OCCOC23)cc1. The van der Waals surface area contributed by atoms with Crippen LogP contribution in [0, 0.1) is 0 Å². The maximum Gasteiger partial charge on any atom is 0.113 e. The highest BCUT2D eigenvalue weighted by Gasteiger charge is 2.40. The van der Waals surface area contributed by atoms with E-state index in [-0.39, 0.29) is 18.2 Å². The Hall–Kier alpha value is -1.84. The van der Waals surface area contributed by atoms with Crippen LogP contribution in [-0.4, -0.2) is 19.3 Å². The Kier molecular flexibility index (Phi) is 2.94. The molecule has 1 saturated heterocycles. The Morgan fingerprint density at radius 3 is 2.50 bits per heavy atom. The lowest BCUT2D eigenvalue weighted by Gasteiger charge is -2.42. The summed E-state index contributed by atoms with van der Waals surface area (Å²) in [5.74, 6) is 0. The predicted octanol–water partition coefficient (Wildman–Crippen LogP) is 3.31. The number of hydrogen-bond acceptors (Lipinski definition) is 3. The van der Waals surface area contributed by atoms with Crippen LogP contribution < -0.4 is 5.32 Å². The van der Waals surface area contributed by atoms with Crippen molar-refractivity contribution in [3.8, 4) is 0 Å². The molecular formula is C17H17NO2. The molecule has 0 radical (unpaired) electrons. The molecule has 0 bridgehead atoms. The van der Waals surface area contributed by atoms with Crippen LogP contribution in [0.4, 0.5) is 5.69 Å². The molecular weight excluding hydrogens is 250 g/mol. The highest BCUT2D eigenvalue weighted by atomic mass is 16.6. The van der Waals surface area contributed by atoms with E-state index in [9.17, 15) is 0 Å². The van der Waals surface area contributed by atoms with Gasteiger partial charge < -0.3 is 14.8 Å². The number of para-hydroxylation sites is 1. The van der Waals surface area contributed by atoms with Crippen LogP contribution in [0.3, 0.4) is 0 Å². The van der Waals surface area contributed by atoms with Gasteiger partial charge in [0.15, 0.2) is 0 Å². The molecule has 1 fully saturated rings. The number of nitrogens with one attached hydrogen (secondary N) is 1. The molecule has 3 unspecified atom stereocenters. The predicted molar refractivity (Wildman–Crippen MR) is 77.7 cm³/mol. The third kappa shape index (κ3) is 1.90. The van der Waals surface area contributed by atoms with Gasteiger partial charge in [-0.25, -0.2) is 0 Å². The fraction of sp³-hybridized carbons (Fsp3) is 0.294. The quantitative estimate of drug-likeness (QED) is 0.860. The molecule has 2 aromatic carbocycles. The minimum absolute atomic E-state index is 0.0198. The lowest BCUT2D eigenvalue weighted by atomic mass is 9.88. The fourth-order valence-electron chi connectivity index (χ4n) is 3.14. The third-order valence-electron chi connectivity index (χ3n) is 4.05. The zero-order chi connectivity index (χ0) is 13.4. The van der Waals surface area contributed by atoms with Gasteiger partial charge in [-0.05, 0) is 11.6 Å². The molecule has 3 nitrogen and oxygen atoms in total. The van der Waals surface area contributed by atoms with Crippen LogP contribution in [0.2, 0.25) is 0 Å². The molecule has 0 aliphatic carbocycles. The topological polar surface area (TPSA) is 30.5 Å². The van der Waals surface area contributed by atoms with Crippen molar-refractivity contribution in [1.29, 1.82) is 0 Å². The first-order valence-electron chi connectivity index (χ1n) is 7.07. The minimum Gasteiger partial charge on any atom is -0.375 e. The number of rotatable bonds is 1. The van der Waals surface area contributed by atoms with Crippen molar-refractivity contribution in [3.05, 3.63) is 65.7 Å². The van der Waals surface area contributed by atoms with E-state index >= 15 is 0 Å². The molecule has 2 aliphatic heterocycles. The molecule has 102 valence electrons. The second kappa shape index (κ2) is 4.93. The number of fused-ring (bicyclic) bond motifs is 3. The normalized spacial score (nSPS) is 28.1. The van der Waals surface area contributed by atoms with Crippen LogP contribution >= 0.6 is 0 Å². The van der Waals surface area contributed by atoms with Gasteiger partial charge in [-0.15, -0.1) is 0 Å². The van der Waals surface area contributed by atoms with Gasteiger partial charge in [0.2, 0.25) is 0 Å². The summed E-state index contributed by atoms with van der Waals surface area (Å²) in [5.41, 5.74) is 3.58. The van der Waals surface area contributed by atoms with Gasteiger partial charge >= 0.3 is 0 Å². The summed E-state index contributed by atoms with van der Waals surface area (Å²) in [6, 6.07) is 18.9. The molecule has 0 saturated carbocycles. The molecule has 3 heteroatoms. The number of ether oxygens (including phenoxy) is 2. The average Bonchev–Trinajstić information content (AvgIpc) is 2.55. The highest BCUT2D eigenvalue weighted by molar-refractivity contribution is 5.57. The lowest BCUT2D eigenvalue weighted by Crippen LogP contribution is -2.43. The molecule has 3 atom stereocenters. The average molecular weight is 267 g/mol. The van der Waals surface area contributed by atoms with E-state index < -0.39 is 0 Å². The Labute approximate surface area is 118 Å². The van der Waals surface area contributed by atoms with Crippen LogP contribution in [0.25, 0.3) is 0 Å². The van der Waals surface area contributed by atoms with Gasteiger partial charge in [0.1, 0.15) is 12.2 Å². The van der Waals surface area contributed by atoms with E-state index in [0.717, 1.165) is 5.69 Å². The van der Waals surface area contributed by atoms with Gasteiger partial charge in [0, 0.05) is 11.3 Å². The number of anilines is 1. The molecule has 2 aromatic rings. The first kappa shape index (κ1) is 11.9. The molecule has 20 heavy (non-hydrogen) atoms. The summed E-state index contributed by atoms with van der Waals surface area (Å²) < 4.78 is 12.0. The molecule has 0 spiro atoms. The molecule has 0 amide bonds. The lowest BCUT2D eigenvalue weighted by molar-refractivity contribution is -0.151. The molecule has 2 aliphatic rings. The standard InChI is InChI=1S/C17H17NO2/c1-2-6-12(7-3-1)15-17-16(19-10-11-20-17)13-8-4-5-9-14(13)18-15/h1-9,15-18H,10-11H2. The van der Waals surface area contributed by atoms with E-state index in [4.69, 9.17) is 9.47 Å². The summed E-state index contributed by atoms with van der Waals surface area (Å²) in [5, 5.41) is 3.61. The van der Waals surface area contributed by atoms with E-state index in [0.29, 0.717) is 13.2 Å².